The first-order chi connectivity index (χ1) is 20.8. The summed E-state index contributed by atoms with van der Waals surface area (Å²) in [4.78, 5) is 45.2. The number of pyridine rings is 1. The first-order valence-corrected chi connectivity index (χ1v) is 15.1. The Morgan fingerprint density at radius 2 is 1.70 bits per heavy atom. The summed E-state index contributed by atoms with van der Waals surface area (Å²) in [5.74, 6) is -0.611. The average Bonchev–Trinajstić information content (AvgIpc) is 3.39. The second-order valence-electron chi connectivity index (χ2n) is 12.5. The van der Waals surface area contributed by atoms with E-state index in [2.05, 4.69) is 10.3 Å². The Balaban J connectivity index is 1.38. The molecule has 12 heteroatoms. The SMILES string of the molecule is CC(C)OC(=O)N1CCC(Oc2ccc(-c3ccc(C[C@H](NC(=O)OC(C)(C)C)C(=O)N4CC[C@H](F)C4)c(F)c3)cn2)CC1. The van der Waals surface area contributed by atoms with E-state index in [0.29, 0.717) is 42.9 Å². The van der Waals surface area contributed by atoms with Gasteiger partial charge in [0.25, 0.3) is 0 Å². The molecule has 0 bridgehead atoms. The van der Waals surface area contributed by atoms with Gasteiger partial charge in [-0.2, -0.15) is 0 Å². The van der Waals surface area contributed by atoms with Crippen LogP contribution in [0, 0.1) is 5.82 Å². The van der Waals surface area contributed by atoms with E-state index in [-0.39, 0.29) is 49.8 Å². The van der Waals surface area contributed by atoms with Crippen molar-refractivity contribution in [3.05, 3.63) is 47.9 Å². The monoisotopic (exact) mass is 616 g/mol. The molecule has 0 radical (unpaired) electrons. The van der Waals surface area contributed by atoms with E-state index in [0.717, 1.165) is 0 Å². The number of ether oxygens (including phenoxy) is 3. The molecule has 2 saturated heterocycles. The third-order valence-electron chi connectivity index (χ3n) is 7.30. The fraction of sp³-hybridized carbons (Fsp3) is 0.562. The molecule has 0 unspecified atom stereocenters. The van der Waals surface area contributed by atoms with Crippen LogP contribution in [0.4, 0.5) is 18.4 Å². The average molecular weight is 617 g/mol. The molecular weight excluding hydrogens is 574 g/mol. The number of halogens is 2. The number of alkyl halides is 1. The smallest absolute Gasteiger partial charge is 0.410 e. The largest absolute Gasteiger partial charge is 0.474 e. The number of piperidine rings is 1. The lowest BCUT2D eigenvalue weighted by Crippen LogP contribution is -2.50. The van der Waals surface area contributed by atoms with Gasteiger partial charge in [-0.3, -0.25) is 4.79 Å². The molecule has 2 aliphatic rings. The Morgan fingerprint density at radius 1 is 1.02 bits per heavy atom. The second kappa shape index (κ2) is 14.2. The number of amides is 3. The van der Waals surface area contributed by atoms with Gasteiger partial charge in [-0.15, -0.1) is 0 Å². The fourth-order valence-corrected chi connectivity index (χ4v) is 5.12. The Bertz CT molecular complexity index is 1310. The molecular formula is C32H42F2N4O6. The third-order valence-corrected chi connectivity index (χ3v) is 7.30. The van der Waals surface area contributed by atoms with E-state index in [1.165, 1.54) is 11.0 Å². The van der Waals surface area contributed by atoms with Crippen molar-refractivity contribution in [1.82, 2.24) is 20.1 Å². The lowest BCUT2D eigenvalue weighted by Gasteiger charge is -2.31. The highest BCUT2D eigenvalue weighted by Gasteiger charge is 2.33. The molecule has 0 saturated carbocycles. The van der Waals surface area contributed by atoms with Gasteiger partial charge in [-0.05, 0) is 64.3 Å². The van der Waals surface area contributed by atoms with Crippen molar-refractivity contribution in [1.29, 1.82) is 0 Å². The van der Waals surface area contributed by atoms with Gasteiger partial charge in [0.2, 0.25) is 11.8 Å². The zero-order chi connectivity index (χ0) is 32.0. The molecule has 0 spiro atoms. The van der Waals surface area contributed by atoms with Crippen LogP contribution in [0.5, 0.6) is 5.88 Å². The maximum Gasteiger partial charge on any atom is 0.410 e. The maximum atomic E-state index is 15.3. The number of nitrogens with zero attached hydrogens (tertiary/aromatic N) is 3. The molecule has 1 aromatic carbocycles. The molecule has 2 aliphatic heterocycles. The molecule has 44 heavy (non-hydrogen) atoms. The van der Waals surface area contributed by atoms with Crippen LogP contribution in [-0.2, 0) is 20.7 Å². The van der Waals surface area contributed by atoms with E-state index in [1.54, 1.807) is 56.1 Å². The van der Waals surface area contributed by atoms with Crippen molar-refractivity contribution in [2.75, 3.05) is 26.2 Å². The number of rotatable bonds is 8. The Hall–Kier alpha value is -3.96. The van der Waals surface area contributed by atoms with Crippen molar-refractivity contribution in [3.63, 3.8) is 0 Å². The molecule has 10 nitrogen and oxygen atoms in total. The van der Waals surface area contributed by atoms with E-state index in [9.17, 15) is 18.8 Å². The van der Waals surface area contributed by atoms with Crippen molar-refractivity contribution >= 4 is 18.1 Å². The van der Waals surface area contributed by atoms with Gasteiger partial charge in [0.15, 0.2) is 0 Å². The van der Waals surface area contributed by atoms with Crippen molar-refractivity contribution in [3.8, 4) is 17.0 Å². The van der Waals surface area contributed by atoms with Crippen LogP contribution >= 0.6 is 0 Å². The third kappa shape index (κ3) is 9.27. The number of hydrogen-bond acceptors (Lipinski definition) is 7. The van der Waals surface area contributed by atoms with E-state index in [4.69, 9.17) is 14.2 Å². The zero-order valence-corrected chi connectivity index (χ0v) is 26.0. The van der Waals surface area contributed by atoms with Crippen LogP contribution in [0.25, 0.3) is 11.1 Å². The summed E-state index contributed by atoms with van der Waals surface area (Å²) < 4.78 is 45.7. The number of nitrogens with one attached hydrogen (secondary N) is 1. The summed E-state index contributed by atoms with van der Waals surface area (Å²) in [5.41, 5.74) is 0.665. The van der Waals surface area contributed by atoms with E-state index < -0.39 is 35.6 Å². The number of aromatic nitrogens is 1. The fourth-order valence-electron chi connectivity index (χ4n) is 5.12. The number of carbonyl (C=O) groups excluding carboxylic acids is 3. The van der Waals surface area contributed by atoms with Gasteiger partial charge in [0, 0.05) is 56.7 Å². The van der Waals surface area contributed by atoms with Crippen LogP contribution in [0.2, 0.25) is 0 Å². The predicted molar refractivity (Wildman–Crippen MR) is 159 cm³/mol. The van der Waals surface area contributed by atoms with Gasteiger partial charge in [0.05, 0.1) is 12.6 Å². The van der Waals surface area contributed by atoms with E-state index in [1.807, 2.05) is 13.8 Å². The van der Waals surface area contributed by atoms with Gasteiger partial charge in [0.1, 0.15) is 29.7 Å². The Labute approximate surface area is 257 Å². The molecule has 2 fully saturated rings. The lowest BCUT2D eigenvalue weighted by molar-refractivity contribution is -0.132. The molecule has 1 N–H and O–H groups in total. The molecule has 3 heterocycles. The minimum Gasteiger partial charge on any atom is -0.474 e. The minimum absolute atomic E-state index is 0.0639. The normalized spacial score (nSPS) is 18.2. The van der Waals surface area contributed by atoms with Crippen molar-refractivity contribution in [2.45, 2.75) is 90.3 Å². The maximum absolute atomic E-state index is 15.3. The van der Waals surface area contributed by atoms with Crippen LogP contribution in [0.3, 0.4) is 0 Å². The molecule has 0 aliphatic carbocycles. The van der Waals surface area contributed by atoms with Crippen molar-refractivity contribution in [2.24, 2.45) is 0 Å². The quantitative estimate of drug-likeness (QED) is 0.430. The first kappa shape index (κ1) is 32.9. The van der Waals surface area contributed by atoms with Crippen LogP contribution in [0.1, 0.15) is 59.4 Å². The second-order valence-corrected chi connectivity index (χ2v) is 12.5. The molecule has 1 aromatic heterocycles. The highest BCUT2D eigenvalue weighted by Crippen LogP contribution is 2.26. The van der Waals surface area contributed by atoms with Gasteiger partial charge < -0.3 is 29.3 Å². The summed E-state index contributed by atoms with van der Waals surface area (Å²) in [7, 11) is 0. The molecule has 4 rings (SSSR count). The van der Waals surface area contributed by atoms with Crippen LogP contribution in [0.15, 0.2) is 36.5 Å². The minimum atomic E-state index is -1.13. The van der Waals surface area contributed by atoms with Gasteiger partial charge >= 0.3 is 12.2 Å². The number of likely N-dealkylation sites (tertiary alicyclic amines) is 2. The number of hydrogen-bond donors (Lipinski definition) is 1. The van der Waals surface area contributed by atoms with Crippen LogP contribution in [-0.4, -0.2) is 89.1 Å². The molecule has 3 amide bonds. The molecule has 2 aromatic rings. The summed E-state index contributed by atoms with van der Waals surface area (Å²) in [5, 5.41) is 2.55. The summed E-state index contributed by atoms with van der Waals surface area (Å²) in [6, 6.07) is 7.00. The van der Waals surface area contributed by atoms with Crippen LogP contribution < -0.4 is 10.1 Å². The van der Waals surface area contributed by atoms with Gasteiger partial charge in [-0.25, -0.2) is 23.4 Å². The lowest BCUT2D eigenvalue weighted by atomic mass is 10.00. The number of alkyl carbamates (subject to hydrolysis) is 1. The highest BCUT2D eigenvalue weighted by atomic mass is 19.1. The molecule has 240 valence electrons. The van der Waals surface area contributed by atoms with Gasteiger partial charge in [-0.1, -0.05) is 12.1 Å². The topological polar surface area (TPSA) is 110 Å². The highest BCUT2D eigenvalue weighted by molar-refractivity contribution is 5.86. The zero-order valence-electron chi connectivity index (χ0n) is 26.0. The molecule has 2 atom stereocenters. The first-order valence-electron chi connectivity index (χ1n) is 15.1. The predicted octanol–water partition coefficient (Wildman–Crippen LogP) is 5.28. The van der Waals surface area contributed by atoms with Crippen molar-refractivity contribution < 1.29 is 37.4 Å². The Morgan fingerprint density at radius 3 is 2.27 bits per heavy atom. The van der Waals surface area contributed by atoms with E-state index >= 15 is 4.39 Å². The number of carbonyl (C=O) groups is 3. The summed E-state index contributed by atoms with van der Waals surface area (Å²) in [6.07, 6.45) is 0.484. The summed E-state index contributed by atoms with van der Waals surface area (Å²) in [6.45, 7) is 9.95. The summed E-state index contributed by atoms with van der Waals surface area (Å²) >= 11 is 0. The number of benzene rings is 1. The standard InChI is InChI=1S/C32H42F2N4O6/c1-20(2)42-31(41)37-14-11-25(12-15-37)43-28-9-8-23(18-35-28)21-6-7-22(26(34)16-21)17-27(36-30(40)44-32(3,4)5)29(39)38-13-10-24(33)19-38/h6-9,16,18,20,24-25,27H,10-15,17,19H2,1-5H3,(H,36,40)/t24-,27-/m0/s1. The Kier molecular flexibility index (Phi) is 10.6.